The van der Waals surface area contributed by atoms with Crippen LogP contribution in [0.5, 0.6) is 0 Å². The molecule has 0 radical (unpaired) electrons. The third-order valence-electron chi connectivity index (χ3n) is 5.48. The minimum absolute atomic E-state index is 0.416. The van der Waals surface area contributed by atoms with E-state index in [0.717, 1.165) is 32.1 Å². The Balaban J connectivity index is 2.06. The van der Waals surface area contributed by atoms with E-state index in [2.05, 4.69) is 19.2 Å². The van der Waals surface area contributed by atoms with Crippen molar-refractivity contribution >= 4 is 5.97 Å². The van der Waals surface area contributed by atoms with Crippen LogP contribution in [0.25, 0.3) is 0 Å². The molecule has 2 fully saturated rings. The first-order chi connectivity index (χ1) is 9.53. The monoisotopic (exact) mass is 281 g/mol. The maximum absolute atomic E-state index is 11.9. The van der Waals surface area contributed by atoms with Crippen LogP contribution < -0.4 is 5.32 Å². The van der Waals surface area contributed by atoms with Gasteiger partial charge < -0.3 is 5.11 Å². The Bertz CT molecular complexity index is 321. The topological polar surface area (TPSA) is 49.3 Å². The van der Waals surface area contributed by atoms with Crippen LogP contribution in [0.2, 0.25) is 0 Å². The molecule has 0 spiro atoms. The van der Waals surface area contributed by atoms with Crippen LogP contribution in [-0.2, 0) is 4.79 Å². The van der Waals surface area contributed by atoms with Gasteiger partial charge in [-0.2, -0.15) is 0 Å². The molecule has 2 rings (SSSR count). The molecule has 2 aliphatic carbocycles. The van der Waals surface area contributed by atoms with E-state index in [1.54, 1.807) is 0 Å². The maximum Gasteiger partial charge on any atom is 0.323 e. The molecule has 0 aromatic rings. The number of hydrogen-bond acceptors (Lipinski definition) is 2. The number of aliphatic carboxylic acids is 1. The highest BCUT2D eigenvalue weighted by molar-refractivity contribution is 5.79. The van der Waals surface area contributed by atoms with E-state index in [4.69, 9.17) is 0 Å². The molecule has 2 atom stereocenters. The average molecular weight is 281 g/mol. The van der Waals surface area contributed by atoms with Gasteiger partial charge in [-0.25, -0.2) is 0 Å². The number of carbonyl (C=O) groups is 1. The number of nitrogens with one attached hydrogen (secondary N) is 1. The van der Waals surface area contributed by atoms with Crippen molar-refractivity contribution in [3.63, 3.8) is 0 Å². The summed E-state index contributed by atoms with van der Waals surface area (Å²) in [6.45, 7) is 4.46. The van der Waals surface area contributed by atoms with E-state index >= 15 is 0 Å². The predicted molar refractivity (Wildman–Crippen MR) is 81.8 cm³/mol. The van der Waals surface area contributed by atoms with E-state index in [-0.39, 0.29) is 0 Å². The smallest absolute Gasteiger partial charge is 0.323 e. The van der Waals surface area contributed by atoms with Gasteiger partial charge in [-0.15, -0.1) is 0 Å². The molecule has 2 unspecified atom stereocenters. The Labute approximate surface area is 123 Å². The lowest BCUT2D eigenvalue weighted by molar-refractivity contribution is -0.148. The van der Waals surface area contributed by atoms with Crippen LogP contribution in [0.4, 0.5) is 0 Å². The van der Waals surface area contributed by atoms with Crippen molar-refractivity contribution in [1.29, 1.82) is 0 Å². The van der Waals surface area contributed by atoms with Crippen LogP contribution in [0.1, 0.15) is 78.1 Å². The predicted octanol–water partition coefficient (Wildman–Crippen LogP) is 3.97. The molecule has 0 amide bonds. The van der Waals surface area contributed by atoms with Gasteiger partial charge in [0.1, 0.15) is 5.54 Å². The third-order valence-corrected chi connectivity index (χ3v) is 5.48. The lowest BCUT2D eigenvalue weighted by Crippen LogP contribution is -2.58. The summed E-state index contributed by atoms with van der Waals surface area (Å²) in [5, 5.41) is 13.4. The second-order valence-electron chi connectivity index (χ2n) is 7.32. The van der Waals surface area contributed by atoms with Crippen molar-refractivity contribution in [3.8, 4) is 0 Å². The normalized spacial score (nSPS) is 33.0. The van der Waals surface area contributed by atoms with Gasteiger partial charge in [-0.1, -0.05) is 52.4 Å². The minimum atomic E-state index is -0.651. The highest BCUT2D eigenvalue weighted by Gasteiger charge is 2.44. The van der Waals surface area contributed by atoms with Gasteiger partial charge in [0, 0.05) is 6.04 Å². The van der Waals surface area contributed by atoms with Crippen LogP contribution in [0, 0.1) is 11.8 Å². The van der Waals surface area contributed by atoms with E-state index in [9.17, 15) is 9.90 Å². The molecule has 0 aromatic carbocycles. The standard InChI is InChI=1S/C17H31NO2/c1-13(2)14-8-7-11-17(12-14,16(19)20)18-15-9-5-3-4-6-10-15/h13-15,18H,3-12H2,1-2H3,(H,19,20). The summed E-state index contributed by atoms with van der Waals surface area (Å²) in [6.07, 6.45) is 11.3. The zero-order chi connectivity index (χ0) is 14.6. The summed E-state index contributed by atoms with van der Waals surface area (Å²) in [6, 6.07) is 0.416. The van der Waals surface area contributed by atoms with Gasteiger partial charge in [-0.05, 0) is 37.5 Å². The Morgan fingerprint density at radius 2 is 1.75 bits per heavy atom. The van der Waals surface area contributed by atoms with Crippen LogP contribution in [0.15, 0.2) is 0 Å². The van der Waals surface area contributed by atoms with Crippen LogP contribution >= 0.6 is 0 Å². The zero-order valence-electron chi connectivity index (χ0n) is 13.2. The lowest BCUT2D eigenvalue weighted by Gasteiger charge is -2.42. The van der Waals surface area contributed by atoms with Crippen molar-refractivity contribution in [2.75, 3.05) is 0 Å². The first kappa shape index (κ1) is 15.8. The Morgan fingerprint density at radius 1 is 1.10 bits per heavy atom. The third kappa shape index (κ3) is 3.75. The van der Waals surface area contributed by atoms with Crippen molar-refractivity contribution in [1.82, 2.24) is 5.32 Å². The highest BCUT2D eigenvalue weighted by Crippen LogP contribution is 2.37. The van der Waals surface area contributed by atoms with E-state index < -0.39 is 11.5 Å². The number of carboxylic acid groups (broad SMARTS) is 1. The molecule has 0 heterocycles. The van der Waals surface area contributed by atoms with Gasteiger partial charge >= 0.3 is 5.97 Å². The minimum Gasteiger partial charge on any atom is -0.480 e. The van der Waals surface area contributed by atoms with Gasteiger partial charge in [0.2, 0.25) is 0 Å². The Hall–Kier alpha value is -0.570. The fourth-order valence-corrected chi connectivity index (χ4v) is 4.09. The molecule has 116 valence electrons. The Kier molecular flexibility index (Phi) is 5.48. The average Bonchev–Trinajstić information content (AvgIpc) is 2.67. The summed E-state index contributed by atoms with van der Waals surface area (Å²) in [5.41, 5.74) is -0.651. The molecule has 20 heavy (non-hydrogen) atoms. The highest BCUT2D eigenvalue weighted by atomic mass is 16.4. The first-order valence-corrected chi connectivity index (χ1v) is 8.54. The van der Waals surface area contributed by atoms with Gasteiger partial charge in [-0.3, -0.25) is 10.1 Å². The molecule has 2 saturated carbocycles. The molecule has 2 aliphatic rings. The van der Waals surface area contributed by atoms with Crippen molar-refractivity contribution in [3.05, 3.63) is 0 Å². The number of hydrogen-bond donors (Lipinski definition) is 2. The number of rotatable bonds is 4. The SMILES string of the molecule is CC(C)C1CCCC(NC2CCCCCC2)(C(=O)O)C1. The fourth-order valence-electron chi connectivity index (χ4n) is 4.09. The summed E-state index contributed by atoms with van der Waals surface area (Å²) in [4.78, 5) is 11.9. The fraction of sp³-hybridized carbons (Fsp3) is 0.941. The molecule has 0 bridgehead atoms. The van der Waals surface area contributed by atoms with E-state index in [0.29, 0.717) is 17.9 Å². The van der Waals surface area contributed by atoms with Crippen LogP contribution in [0.3, 0.4) is 0 Å². The summed E-state index contributed by atoms with van der Waals surface area (Å²) < 4.78 is 0. The molecular formula is C17H31NO2. The van der Waals surface area contributed by atoms with Gasteiger partial charge in [0.05, 0.1) is 0 Å². The summed E-state index contributed by atoms with van der Waals surface area (Å²) >= 11 is 0. The molecule has 3 nitrogen and oxygen atoms in total. The lowest BCUT2D eigenvalue weighted by atomic mass is 9.71. The second kappa shape index (κ2) is 6.93. The first-order valence-electron chi connectivity index (χ1n) is 8.54. The molecule has 2 N–H and O–H groups in total. The number of carboxylic acids is 1. The molecule has 3 heteroatoms. The van der Waals surface area contributed by atoms with Crippen molar-refractivity contribution in [2.24, 2.45) is 11.8 Å². The quantitative estimate of drug-likeness (QED) is 0.767. The summed E-state index contributed by atoms with van der Waals surface area (Å²) in [5.74, 6) is 0.523. The van der Waals surface area contributed by atoms with Crippen LogP contribution in [-0.4, -0.2) is 22.7 Å². The summed E-state index contributed by atoms with van der Waals surface area (Å²) in [7, 11) is 0. The molecule has 0 aliphatic heterocycles. The van der Waals surface area contributed by atoms with Gasteiger partial charge in [0.25, 0.3) is 0 Å². The molecular weight excluding hydrogens is 250 g/mol. The Morgan fingerprint density at radius 3 is 2.30 bits per heavy atom. The maximum atomic E-state index is 11.9. The van der Waals surface area contributed by atoms with Crippen molar-refractivity contribution < 1.29 is 9.90 Å². The van der Waals surface area contributed by atoms with Gasteiger partial charge in [0.15, 0.2) is 0 Å². The zero-order valence-corrected chi connectivity index (χ0v) is 13.2. The largest absolute Gasteiger partial charge is 0.480 e. The molecule has 0 aromatic heterocycles. The second-order valence-corrected chi connectivity index (χ2v) is 7.32. The van der Waals surface area contributed by atoms with Crippen molar-refractivity contribution in [2.45, 2.75) is 89.6 Å². The van der Waals surface area contributed by atoms with E-state index in [1.807, 2.05) is 0 Å². The molecule has 0 saturated heterocycles. The van der Waals surface area contributed by atoms with E-state index in [1.165, 1.54) is 32.1 Å².